The molecule has 2 rings (SSSR count). The molecule has 2 aromatic rings. The van der Waals surface area contributed by atoms with Gasteiger partial charge in [0.25, 0.3) is 5.91 Å². The standard InChI is InChI=1S/C19H26ClN3O/c1-12(2)23(13(3)4)19(24)17-15(6)21-22(18(17)20)11-16-9-7-14(5)8-10-16/h7-10,12-13H,11H2,1-6H3. The number of nitrogens with zero attached hydrogens (tertiary/aromatic N) is 3. The van der Waals surface area contributed by atoms with E-state index in [2.05, 4.69) is 36.3 Å². The average molecular weight is 348 g/mol. The fourth-order valence-corrected chi connectivity index (χ4v) is 3.28. The van der Waals surface area contributed by atoms with Crippen molar-refractivity contribution in [3.8, 4) is 0 Å². The van der Waals surface area contributed by atoms with Gasteiger partial charge in [0.1, 0.15) is 5.15 Å². The van der Waals surface area contributed by atoms with Crippen molar-refractivity contribution >= 4 is 17.5 Å². The molecule has 0 radical (unpaired) electrons. The highest BCUT2D eigenvalue weighted by atomic mass is 35.5. The molecular weight excluding hydrogens is 322 g/mol. The van der Waals surface area contributed by atoms with Gasteiger partial charge in [0.15, 0.2) is 0 Å². The Morgan fingerprint density at radius 1 is 1.12 bits per heavy atom. The van der Waals surface area contributed by atoms with Gasteiger partial charge in [-0.25, -0.2) is 4.68 Å². The van der Waals surface area contributed by atoms with Crippen LogP contribution in [0.25, 0.3) is 0 Å². The maximum Gasteiger partial charge on any atom is 0.259 e. The van der Waals surface area contributed by atoms with E-state index < -0.39 is 0 Å². The van der Waals surface area contributed by atoms with E-state index in [4.69, 9.17) is 11.6 Å². The summed E-state index contributed by atoms with van der Waals surface area (Å²) < 4.78 is 1.70. The smallest absolute Gasteiger partial charge is 0.259 e. The molecule has 0 atom stereocenters. The molecule has 1 heterocycles. The van der Waals surface area contributed by atoms with Crippen LogP contribution in [-0.2, 0) is 6.54 Å². The highest BCUT2D eigenvalue weighted by Crippen LogP contribution is 2.24. The highest BCUT2D eigenvalue weighted by molar-refractivity contribution is 6.33. The lowest BCUT2D eigenvalue weighted by molar-refractivity contribution is 0.0643. The van der Waals surface area contributed by atoms with Gasteiger partial charge >= 0.3 is 0 Å². The SMILES string of the molecule is Cc1ccc(Cn2nc(C)c(C(=O)N(C(C)C)C(C)C)c2Cl)cc1. The van der Waals surface area contributed by atoms with Gasteiger partial charge < -0.3 is 4.90 Å². The summed E-state index contributed by atoms with van der Waals surface area (Å²) in [5.74, 6) is -0.0577. The molecule has 1 aromatic carbocycles. The topological polar surface area (TPSA) is 38.1 Å². The number of aromatic nitrogens is 2. The van der Waals surface area contributed by atoms with Gasteiger partial charge in [0.05, 0.1) is 17.8 Å². The van der Waals surface area contributed by atoms with Gasteiger partial charge in [0.2, 0.25) is 0 Å². The molecule has 1 amide bonds. The normalized spacial score (nSPS) is 11.4. The van der Waals surface area contributed by atoms with Crippen molar-refractivity contribution in [1.82, 2.24) is 14.7 Å². The molecule has 0 aliphatic heterocycles. The highest BCUT2D eigenvalue weighted by Gasteiger charge is 2.28. The van der Waals surface area contributed by atoms with Gasteiger partial charge in [-0.3, -0.25) is 4.79 Å². The lowest BCUT2D eigenvalue weighted by Crippen LogP contribution is -2.42. The van der Waals surface area contributed by atoms with Gasteiger partial charge in [-0.05, 0) is 47.1 Å². The van der Waals surface area contributed by atoms with E-state index in [1.807, 2.05) is 39.5 Å². The summed E-state index contributed by atoms with van der Waals surface area (Å²) in [5, 5.41) is 4.89. The summed E-state index contributed by atoms with van der Waals surface area (Å²) in [6.45, 7) is 12.5. The molecule has 24 heavy (non-hydrogen) atoms. The number of carbonyl (C=O) groups excluding carboxylic acids is 1. The van der Waals surface area contributed by atoms with E-state index >= 15 is 0 Å². The first-order chi connectivity index (χ1) is 11.2. The Balaban J connectivity index is 2.34. The van der Waals surface area contributed by atoms with Crippen molar-refractivity contribution in [3.63, 3.8) is 0 Å². The Kier molecular flexibility index (Phi) is 5.70. The molecule has 0 aliphatic rings. The summed E-state index contributed by atoms with van der Waals surface area (Å²) in [6, 6.07) is 8.44. The monoisotopic (exact) mass is 347 g/mol. The summed E-state index contributed by atoms with van der Waals surface area (Å²) in [5.41, 5.74) is 3.49. The van der Waals surface area contributed by atoms with Crippen LogP contribution < -0.4 is 0 Å². The van der Waals surface area contributed by atoms with E-state index in [1.54, 1.807) is 4.68 Å². The second kappa shape index (κ2) is 7.39. The Labute approximate surface area is 149 Å². The zero-order chi connectivity index (χ0) is 18.0. The molecule has 0 fully saturated rings. The average Bonchev–Trinajstić information content (AvgIpc) is 2.75. The molecule has 0 saturated carbocycles. The number of rotatable bonds is 5. The maximum absolute atomic E-state index is 13.0. The maximum atomic E-state index is 13.0. The Morgan fingerprint density at radius 3 is 2.17 bits per heavy atom. The van der Waals surface area contributed by atoms with E-state index in [9.17, 15) is 4.79 Å². The summed E-state index contributed by atoms with van der Waals surface area (Å²) >= 11 is 6.51. The van der Waals surface area contributed by atoms with Crippen molar-refractivity contribution in [1.29, 1.82) is 0 Å². The third-order valence-corrected chi connectivity index (χ3v) is 4.46. The van der Waals surface area contributed by atoms with Crippen LogP contribution in [0.3, 0.4) is 0 Å². The number of aryl methyl sites for hydroxylation is 2. The predicted octanol–water partition coefficient (Wildman–Crippen LogP) is 4.46. The molecule has 0 unspecified atom stereocenters. The molecule has 130 valence electrons. The molecule has 0 N–H and O–H groups in total. The minimum atomic E-state index is -0.0577. The minimum absolute atomic E-state index is 0.0577. The third kappa shape index (κ3) is 3.81. The van der Waals surface area contributed by atoms with Crippen molar-refractivity contribution < 1.29 is 4.79 Å². The largest absolute Gasteiger partial charge is 0.334 e. The zero-order valence-electron chi connectivity index (χ0n) is 15.3. The fourth-order valence-electron chi connectivity index (χ4n) is 2.96. The number of hydrogen-bond donors (Lipinski definition) is 0. The van der Waals surface area contributed by atoms with Crippen LogP contribution >= 0.6 is 11.6 Å². The summed E-state index contributed by atoms with van der Waals surface area (Å²) in [7, 11) is 0. The predicted molar refractivity (Wildman–Crippen MR) is 98.7 cm³/mol. The van der Waals surface area contributed by atoms with Crippen LogP contribution in [0.4, 0.5) is 0 Å². The quantitative estimate of drug-likeness (QED) is 0.800. The van der Waals surface area contributed by atoms with Crippen molar-refractivity contribution in [2.45, 2.75) is 60.2 Å². The second-order valence-electron chi connectivity index (χ2n) is 6.79. The van der Waals surface area contributed by atoms with Crippen molar-refractivity contribution in [2.24, 2.45) is 0 Å². The molecule has 0 saturated heterocycles. The Morgan fingerprint density at radius 2 is 1.67 bits per heavy atom. The first kappa shape index (κ1) is 18.5. The number of amides is 1. The third-order valence-electron chi connectivity index (χ3n) is 4.08. The number of benzene rings is 1. The first-order valence-corrected chi connectivity index (χ1v) is 8.71. The molecule has 4 nitrogen and oxygen atoms in total. The van der Waals surface area contributed by atoms with Crippen LogP contribution in [0.15, 0.2) is 24.3 Å². The lowest BCUT2D eigenvalue weighted by Gasteiger charge is -2.30. The second-order valence-corrected chi connectivity index (χ2v) is 7.15. The number of carbonyl (C=O) groups is 1. The Hall–Kier alpha value is -1.81. The molecule has 0 bridgehead atoms. The van der Waals surface area contributed by atoms with Crippen LogP contribution in [0.2, 0.25) is 5.15 Å². The van der Waals surface area contributed by atoms with Crippen LogP contribution in [0.5, 0.6) is 0 Å². The van der Waals surface area contributed by atoms with E-state index in [1.165, 1.54) is 5.56 Å². The van der Waals surface area contributed by atoms with Gasteiger partial charge in [-0.1, -0.05) is 41.4 Å². The first-order valence-electron chi connectivity index (χ1n) is 8.33. The van der Waals surface area contributed by atoms with Crippen LogP contribution in [-0.4, -0.2) is 32.7 Å². The van der Waals surface area contributed by atoms with Crippen LogP contribution in [0.1, 0.15) is 54.9 Å². The summed E-state index contributed by atoms with van der Waals surface area (Å²) in [6.07, 6.45) is 0. The van der Waals surface area contributed by atoms with Crippen molar-refractivity contribution in [2.75, 3.05) is 0 Å². The fraction of sp³-hybridized carbons (Fsp3) is 0.474. The molecule has 0 spiro atoms. The number of halogens is 1. The Bertz CT molecular complexity index is 709. The molecular formula is C19H26ClN3O. The molecule has 1 aromatic heterocycles. The number of hydrogen-bond acceptors (Lipinski definition) is 2. The lowest BCUT2D eigenvalue weighted by atomic mass is 10.1. The summed E-state index contributed by atoms with van der Waals surface area (Å²) in [4.78, 5) is 14.8. The van der Waals surface area contributed by atoms with Gasteiger partial charge in [0, 0.05) is 12.1 Å². The van der Waals surface area contributed by atoms with E-state index in [0.29, 0.717) is 23.0 Å². The molecule has 5 heteroatoms. The van der Waals surface area contributed by atoms with Crippen LogP contribution in [0, 0.1) is 13.8 Å². The van der Waals surface area contributed by atoms with E-state index in [-0.39, 0.29) is 18.0 Å². The minimum Gasteiger partial charge on any atom is -0.334 e. The zero-order valence-corrected chi connectivity index (χ0v) is 16.1. The van der Waals surface area contributed by atoms with Crippen molar-refractivity contribution in [3.05, 3.63) is 51.8 Å². The van der Waals surface area contributed by atoms with E-state index in [0.717, 1.165) is 5.56 Å². The van der Waals surface area contributed by atoms with Gasteiger partial charge in [-0.2, -0.15) is 5.10 Å². The molecule has 0 aliphatic carbocycles. The van der Waals surface area contributed by atoms with Gasteiger partial charge in [-0.15, -0.1) is 0 Å².